The molecule has 1 aliphatic heterocycles. The normalized spacial score (nSPS) is 14.9. The molecule has 31 heavy (non-hydrogen) atoms. The van der Waals surface area contributed by atoms with E-state index in [9.17, 15) is 0 Å². The van der Waals surface area contributed by atoms with E-state index in [1.165, 1.54) is 15.3 Å². The van der Waals surface area contributed by atoms with Crippen LogP contribution < -0.4 is 10.9 Å². The molecule has 1 saturated heterocycles. The molecular formula is C25H28N2O2S2. The van der Waals surface area contributed by atoms with Crippen molar-refractivity contribution < 1.29 is 9.47 Å². The number of ether oxygens (including phenoxy) is 2. The van der Waals surface area contributed by atoms with Crippen molar-refractivity contribution in [1.82, 2.24) is 0 Å². The molecule has 1 aromatic heterocycles. The number of nitrogens with two attached hydrogens (primary N) is 1. The monoisotopic (exact) mass is 452 g/mol. The fourth-order valence-electron chi connectivity index (χ4n) is 3.62. The number of aryl methyl sites for hydroxylation is 1. The lowest BCUT2D eigenvalue weighted by Gasteiger charge is -2.23. The minimum absolute atomic E-state index is 0.115. The Balaban J connectivity index is 1.63. The molecule has 0 radical (unpaired) electrons. The van der Waals surface area contributed by atoms with Crippen LogP contribution in [0.25, 0.3) is 16.1 Å². The van der Waals surface area contributed by atoms with Gasteiger partial charge < -0.3 is 9.47 Å². The van der Waals surface area contributed by atoms with Crippen molar-refractivity contribution in [2.45, 2.75) is 31.0 Å². The molecule has 0 bridgehead atoms. The number of hydrazine groups is 1. The van der Waals surface area contributed by atoms with Crippen molar-refractivity contribution in [3.63, 3.8) is 0 Å². The van der Waals surface area contributed by atoms with E-state index >= 15 is 0 Å². The first-order chi connectivity index (χ1) is 15.2. The second kappa shape index (κ2) is 10.5. The van der Waals surface area contributed by atoms with Gasteiger partial charge in [0.25, 0.3) is 0 Å². The Hall–Kier alpha value is -2.09. The highest BCUT2D eigenvalue weighted by molar-refractivity contribution is 7.98. The van der Waals surface area contributed by atoms with E-state index in [2.05, 4.69) is 67.8 Å². The molecular weight excluding hydrogens is 424 g/mol. The minimum Gasteiger partial charge on any atom is -0.350 e. The van der Waals surface area contributed by atoms with E-state index in [0.717, 1.165) is 34.7 Å². The second-order valence-electron chi connectivity index (χ2n) is 7.39. The highest BCUT2D eigenvalue weighted by Crippen LogP contribution is 2.36. The Morgan fingerprint density at radius 3 is 2.71 bits per heavy atom. The lowest BCUT2D eigenvalue weighted by Crippen LogP contribution is -2.29. The van der Waals surface area contributed by atoms with Crippen molar-refractivity contribution in [2.75, 3.05) is 24.5 Å². The standard InChI is InChI=1S/C25H28N2O2S2/c1-18-7-3-4-10-21(18)27(26)22(11-6-12-25-28-15-16-29-25)24-14-13-23(31-24)19-8-5-9-20(17-19)30-2/h3-5,7-11,13-14,17,25H,6,12,15-16,26H2,1-2H3/b22-11-. The van der Waals surface area contributed by atoms with Gasteiger partial charge in [-0.25, -0.2) is 5.84 Å². The van der Waals surface area contributed by atoms with Crippen molar-refractivity contribution >= 4 is 34.5 Å². The number of anilines is 1. The van der Waals surface area contributed by atoms with Gasteiger partial charge >= 0.3 is 0 Å². The van der Waals surface area contributed by atoms with E-state index in [1.54, 1.807) is 28.1 Å². The van der Waals surface area contributed by atoms with Crippen molar-refractivity contribution in [1.29, 1.82) is 0 Å². The smallest absolute Gasteiger partial charge is 0.158 e. The summed E-state index contributed by atoms with van der Waals surface area (Å²) in [6.45, 7) is 3.44. The topological polar surface area (TPSA) is 47.7 Å². The molecule has 1 fully saturated rings. The maximum Gasteiger partial charge on any atom is 0.158 e. The predicted molar refractivity (Wildman–Crippen MR) is 132 cm³/mol. The number of para-hydroxylation sites is 1. The van der Waals surface area contributed by atoms with Gasteiger partial charge in [0.2, 0.25) is 0 Å². The molecule has 6 heteroatoms. The Morgan fingerprint density at radius 2 is 1.94 bits per heavy atom. The Kier molecular flexibility index (Phi) is 7.48. The summed E-state index contributed by atoms with van der Waals surface area (Å²) in [6, 6.07) is 21.2. The SMILES string of the molecule is CSc1cccc(-c2ccc(/C(=C/CCC3OCCO3)N(N)c3ccccc3C)s2)c1. The molecule has 0 spiro atoms. The lowest BCUT2D eigenvalue weighted by atomic mass is 10.1. The first-order valence-electron chi connectivity index (χ1n) is 10.4. The van der Waals surface area contributed by atoms with Gasteiger partial charge in [0, 0.05) is 16.2 Å². The lowest BCUT2D eigenvalue weighted by molar-refractivity contribution is -0.0457. The van der Waals surface area contributed by atoms with Gasteiger partial charge in [0.05, 0.1) is 29.5 Å². The van der Waals surface area contributed by atoms with Gasteiger partial charge in [-0.05, 0) is 61.1 Å². The molecule has 0 atom stereocenters. The van der Waals surface area contributed by atoms with Gasteiger partial charge in [-0.2, -0.15) is 0 Å². The Morgan fingerprint density at radius 1 is 1.13 bits per heavy atom. The third kappa shape index (κ3) is 5.40. The van der Waals surface area contributed by atoms with E-state index in [-0.39, 0.29) is 6.29 Å². The van der Waals surface area contributed by atoms with E-state index in [0.29, 0.717) is 13.2 Å². The van der Waals surface area contributed by atoms with Crippen LogP contribution in [0, 0.1) is 6.92 Å². The van der Waals surface area contributed by atoms with E-state index < -0.39 is 0 Å². The van der Waals surface area contributed by atoms with Crippen LogP contribution in [-0.2, 0) is 9.47 Å². The maximum atomic E-state index is 6.67. The summed E-state index contributed by atoms with van der Waals surface area (Å²) >= 11 is 3.52. The zero-order valence-corrected chi connectivity index (χ0v) is 19.5. The first kappa shape index (κ1) is 22.1. The quantitative estimate of drug-likeness (QED) is 0.246. The number of hydrogen-bond acceptors (Lipinski definition) is 6. The van der Waals surface area contributed by atoms with Gasteiger partial charge in [-0.15, -0.1) is 23.1 Å². The molecule has 2 N–H and O–H groups in total. The molecule has 2 heterocycles. The summed E-state index contributed by atoms with van der Waals surface area (Å²) in [5.74, 6) is 6.67. The summed E-state index contributed by atoms with van der Waals surface area (Å²) in [7, 11) is 0. The fourth-order valence-corrected chi connectivity index (χ4v) is 5.12. The summed E-state index contributed by atoms with van der Waals surface area (Å²) in [5, 5.41) is 1.81. The summed E-state index contributed by atoms with van der Waals surface area (Å²) in [5.41, 5.74) is 4.38. The number of allylic oxidation sites excluding steroid dienone is 1. The van der Waals surface area contributed by atoms with Crippen LogP contribution >= 0.6 is 23.1 Å². The average molecular weight is 453 g/mol. The highest BCUT2D eigenvalue weighted by atomic mass is 32.2. The van der Waals surface area contributed by atoms with Crippen LogP contribution in [0.5, 0.6) is 0 Å². The second-order valence-corrected chi connectivity index (χ2v) is 9.35. The molecule has 1 aliphatic rings. The van der Waals surface area contributed by atoms with Gasteiger partial charge in [-0.1, -0.05) is 36.4 Å². The number of benzene rings is 2. The Bertz CT molecular complexity index is 1040. The van der Waals surface area contributed by atoms with E-state index in [1.807, 2.05) is 12.1 Å². The molecule has 0 aliphatic carbocycles. The summed E-state index contributed by atoms with van der Waals surface area (Å²) < 4.78 is 11.2. The highest BCUT2D eigenvalue weighted by Gasteiger charge is 2.18. The van der Waals surface area contributed by atoms with Gasteiger partial charge in [-0.3, -0.25) is 5.01 Å². The van der Waals surface area contributed by atoms with Crippen molar-refractivity contribution in [3.05, 3.63) is 77.2 Å². The zero-order chi connectivity index (χ0) is 21.6. The third-order valence-electron chi connectivity index (χ3n) is 5.28. The van der Waals surface area contributed by atoms with Crippen LogP contribution in [0.15, 0.2) is 71.6 Å². The predicted octanol–water partition coefficient (Wildman–Crippen LogP) is 6.32. The molecule has 0 saturated carbocycles. The van der Waals surface area contributed by atoms with Gasteiger partial charge in [0.15, 0.2) is 6.29 Å². The molecule has 162 valence electrons. The number of hydrogen-bond donors (Lipinski definition) is 1. The van der Waals surface area contributed by atoms with Crippen molar-refractivity contribution in [3.8, 4) is 10.4 Å². The van der Waals surface area contributed by atoms with Crippen LogP contribution in [0.1, 0.15) is 23.3 Å². The molecule has 0 amide bonds. The maximum absolute atomic E-state index is 6.67. The number of rotatable bonds is 8. The number of nitrogens with zero attached hydrogens (tertiary/aromatic N) is 1. The Labute approximate surface area is 192 Å². The average Bonchev–Trinajstić information content (AvgIpc) is 3.49. The third-order valence-corrected chi connectivity index (χ3v) is 7.16. The molecule has 0 unspecified atom stereocenters. The molecule has 3 aromatic rings. The number of thiophene rings is 1. The fraction of sp³-hybridized carbons (Fsp3) is 0.280. The molecule has 4 nitrogen and oxygen atoms in total. The van der Waals surface area contributed by atoms with Crippen LogP contribution in [0.2, 0.25) is 0 Å². The van der Waals surface area contributed by atoms with Crippen LogP contribution in [0.4, 0.5) is 5.69 Å². The summed E-state index contributed by atoms with van der Waals surface area (Å²) in [4.78, 5) is 3.64. The first-order valence-corrected chi connectivity index (χ1v) is 12.5. The number of thioether (sulfide) groups is 1. The van der Waals surface area contributed by atoms with E-state index in [4.69, 9.17) is 15.3 Å². The minimum atomic E-state index is -0.115. The van der Waals surface area contributed by atoms with Crippen LogP contribution in [0.3, 0.4) is 0 Å². The summed E-state index contributed by atoms with van der Waals surface area (Å²) in [6.07, 6.45) is 5.83. The largest absolute Gasteiger partial charge is 0.350 e. The van der Waals surface area contributed by atoms with Crippen molar-refractivity contribution in [2.24, 2.45) is 5.84 Å². The molecule has 2 aromatic carbocycles. The molecule has 4 rings (SSSR count). The van der Waals surface area contributed by atoms with Crippen LogP contribution in [-0.4, -0.2) is 25.8 Å². The van der Waals surface area contributed by atoms with Gasteiger partial charge in [0.1, 0.15) is 0 Å². The zero-order valence-electron chi connectivity index (χ0n) is 17.9.